The summed E-state index contributed by atoms with van der Waals surface area (Å²) in [5.41, 5.74) is 1.42. The fraction of sp³-hybridized carbons (Fsp3) is 0.417. The van der Waals surface area contributed by atoms with Gasteiger partial charge in [-0.2, -0.15) is 0 Å². The van der Waals surface area contributed by atoms with E-state index in [0.29, 0.717) is 17.2 Å². The van der Waals surface area contributed by atoms with E-state index in [1.807, 2.05) is 70.2 Å². The minimum Gasteiger partial charge on any atom is -0.491 e. The molecule has 6 nitrogen and oxygen atoms in total. The smallest absolute Gasteiger partial charge is 0.325 e. The predicted octanol–water partition coefficient (Wildman–Crippen LogP) is 4.37. The summed E-state index contributed by atoms with van der Waals surface area (Å²) in [7, 11) is 0. The molecule has 1 fully saturated rings. The molecule has 2 aromatic rings. The maximum atomic E-state index is 13.2. The van der Waals surface area contributed by atoms with Gasteiger partial charge in [0.1, 0.15) is 24.0 Å². The summed E-state index contributed by atoms with van der Waals surface area (Å²) in [6.07, 6.45) is -0.624. The molecule has 3 amide bonds. The number of halogens is 1. The number of imide groups is 1. The second-order valence-corrected chi connectivity index (χ2v) is 8.64. The zero-order valence-electron chi connectivity index (χ0n) is 18.3. The molecule has 1 aliphatic heterocycles. The topological polar surface area (TPSA) is 78.9 Å². The van der Waals surface area contributed by atoms with Crippen molar-refractivity contribution in [2.75, 3.05) is 13.2 Å². The average molecular weight is 445 g/mol. The molecule has 7 heteroatoms. The van der Waals surface area contributed by atoms with Gasteiger partial charge in [-0.3, -0.25) is 9.69 Å². The largest absolute Gasteiger partial charge is 0.491 e. The highest BCUT2D eigenvalue weighted by Gasteiger charge is 2.51. The van der Waals surface area contributed by atoms with Gasteiger partial charge in [-0.25, -0.2) is 4.79 Å². The van der Waals surface area contributed by atoms with E-state index >= 15 is 0 Å². The highest BCUT2D eigenvalue weighted by molar-refractivity contribution is 6.31. The fourth-order valence-electron chi connectivity index (χ4n) is 3.85. The zero-order chi connectivity index (χ0) is 22.8. The maximum Gasteiger partial charge on any atom is 0.325 e. The summed E-state index contributed by atoms with van der Waals surface area (Å²) < 4.78 is 5.86. The molecule has 0 saturated carbocycles. The molecule has 2 aromatic carbocycles. The first-order valence-electron chi connectivity index (χ1n) is 10.5. The van der Waals surface area contributed by atoms with Crippen molar-refractivity contribution >= 4 is 23.5 Å². The van der Waals surface area contributed by atoms with Crippen LogP contribution in [0, 0.1) is 6.92 Å². The van der Waals surface area contributed by atoms with Crippen LogP contribution in [-0.2, 0) is 10.3 Å². The van der Waals surface area contributed by atoms with Gasteiger partial charge in [0, 0.05) is 5.02 Å². The summed E-state index contributed by atoms with van der Waals surface area (Å²) in [5, 5.41) is 14.0. The number of benzene rings is 2. The van der Waals surface area contributed by atoms with Crippen molar-refractivity contribution in [2.45, 2.75) is 51.7 Å². The summed E-state index contributed by atoms with van der Waals surface area (Å²) >= 11 is 6.24. The van der Waals surface area contributed by atoms with E-state index in [1.165, 1.54) is 0 Å². The number of aryl methyl sites for hydroxylation is 1. The SMILES string of the molecule is CC[C@@]1(c2ccccc2)NC(=O)N(C[C@@H](O)COc2cc(C)c(Cl)cc2C(C)C)C1=O. The molecule has 0 aliphatic carbocycles. The third-order valence-corrected chi connectivity index (χ3v) is 6.12. The Kier molecular flexibility index (Phi) is 6.92. The minimum atomic E-state index is -1.11. The van der Waals surface area contributed by atoms with Gasteiger partial charge < -0.3 is 15.2 Å². The number of nitrogens with one attached hydrogen (secondary N) is 1. The lowest BCUT2D eigenvalue weighted by molar-refractivity contribution is -0.132. The third-order valence-electron chi connectivity index (χ3n) is 5.71. The number of amides is 3. The van der Waals surface area contributed by atoms with E-state index < -0.39 is 17.7 Å². The van der Waals surface area contributed by atoms with E-state index in [2.05, 4.69) is 5.32 Å². The van der Waals surface area contributed by atoms with Crippen LogP contribution in [-0.4, -0.2) is 41.2 Å². The van der Waals surface area contributed by atoms with E-state index in [-0.39, 0.29) is 25.0 Å². The van der Waals surface area contributed by atoms with Gasteiger partial charge in [-0.05, 0) is 48.1 Å². The normalized spacial score (nSPS) is 19.6. The van der Waals surface area contributed by atoms with E-state index in [9.17, 15) is 14.7 Å². The van der Waals surface area contributed by atoms with Crippen molar-refractivity contribution in [1.29, 1.82) is 0 Å². The third kappa shape index (κ3) is 4.55. The number of ether oxygens (including phenoxy) is 1. The highest BCUT2D eigenvalue weighted by atomic mass is 35.5. The lowest BCUT2D eigenvalue weighted by atomic mass is 9.87. The summed E-state index contributed by atoms with van der Waals surface area (Å²) in [5.74, 6) is 0.461. The quantitative estimate of drug-likeness (QED) is 0.592. The number of rotatable bonds is 8. The minimum absolute atomic E-state index is 0.0533. The van der Waals surface area contributed by atoms with Gasteiger partial charge >= 0.3 is 6.03 Å². The number of hydrogen-bond acceptors (Lipinski definition) is 4. The monoisotopic (exact) mass is 444 g/mol. The second kappa shape index (κ2) is 9.28. The van der Waals surface area contributed by atoms with Crippen LogP contribution in [0.5, 0.6) is 5.75 Å². The summed E-state index contributed by atoms with van der Waals surface area (Å²) in [6, 6.07) is 12.4. The van der Waals surface area contributed by atoms with Crippen LogP contribution < -0.4 is 10.1 Å². The lowest BCUT2D eigenvalue weighted by Crippen LogP contribution is -2.44. The number of urea groups is 1. The average Bonchev–Trinajstić information content (AvgIpc) is 2.99. The number of β-amino-alcohol motifs (C(OH)–C–C–N with tert-alkyl or cyclic N) is 1. The Morgan fingerprint density at radius 2 is 1.87 bits per heavy atom. The van der Waals surface area contributed by atoms with Crippen LogP contribution in [0.1, 0.15) is 49.8 Å². The Morgan fingerprint density at radius 3 is 2.48 bits per heavy atom. The van der Waals surface area contributed by atoms with Gasteiger partial charge in [0.15, 0.2) is 0 Å². The number of aliphatic hydroxyl groups excluding tert-OH is 1. The Balaban J connectivity index is 1.72. The van der Waals surface area contributed by atoms with Crippen molar-refractivity contribution < 1.29 is 19.4 Å². The molecular formula is C24H29ClN2O4. The Hall–Kier alpha value is -2.57. The molecule has 0 unspecified atom stereocenters. The van der Waals surface area contributed by atoms with Crippen LogP contribution >= 0.6 is 11.6 Å². The molecule has 2 atom stereocenters. The zero-order valence-corrected chi connectivity index (χ0v) is 19.1. The van der Waals surface area contributed by atoms with Gasteiger partial charge in [-0.1, -0.05) is 62.7 Å². The standard InChI is InChI=1S/C24H29ClN2O4/c1-5-24(17-9-7-6-8-10-17)22(29)27(23(30)26-24)13-18(28)14-31-21-11-16(4)20(25)12-19(21)15(2)3/h6-12,15,18,28H,5,13-14H2,1-4H3,(H,26,30)/t18-,24+/m1/s1. The molecule has 31 heavy (non-hydrogen) atoms. The van der Waals surface area contributed by atoms with E-state index in [1.54, 1.807) is 0 Å². The van der Waals surface area contributed by atoms with E-state index in [4.69, 9.17) is 16.3 Å². The molecule has 0 bridgehead atoms. The van der Waals surface area contributed by atoms with E-state index in [0.717, 1.165) is 21.6 Å². The summed E-state index contributed by atoms with van der Waals surface area (Å²) in [4.78, 5) is 26.8. The molecule has 0 spiro atoms. The molecule has 1 saturated heterocycles. The first-order valence-corrected chi connectivity index (χ1v) is 10.9. The number of nitrogens with zero attached hydrogens (tertiary/aromatic N) is 1. The van der Waals surface area contributed by atoms with Gasteiger partial charge in [0.2, 0.25) is 0 Å². The Morgan fingerprint density at radius 1 is 1.19 bits per heavy atom. The first-order chi connectivity index (χ1) is 14.7. The van der Waals surface area contributed by atoms with Crippen LogP contribution in [0.3, 0.4) is 0 Å². The highest BCUT2D eigenvalue weighted by Crippen LogP contribution is 2.33. The molecule has 3 rings (SSSR count). The van der Waals surface area contributed by atoms with Crippen LogP contribution in [0.15, 0.2) is 42.5 Å². The molecule has 1 heterocycles. The fourth-order valence-corrected chi connectivity index (χ4v) is 4.02. The first kappa shape index (κ1) is 23.1. The van der Waals surface area contributed by atoms with Crippen molar-refractivity contribution in [2.24, 2.45) is 0 Å². The molecule has 1 aliphatic rings. The molecule has 0 aromatic heterocycles. The molecule has 2 N–H and O–H groups in total. The van der Waals surface area contributed by atoms with Crippen LogP contribution in [0.25, 0.3) is 0 Å². The van der Waals surface area contributed by atoms with Gasteiger partial charge in [-0.15, -0.1) is 0 Å². The van der Waals surface area contributed by atoms with Crippen molar-refractivity contribution in [3.8, 4) is 5.75 Å². The molecular weight excluding hydrogens is 416 g/mol. The number of hydrogen-bond donors (Lipinski definition) is 2. The van der Waals surface area contributed by atoms with Gasteiger partial charge in [0.05, 0.1) is 6.54 Å². The maximum absolute atomic E-state index is 13.2. The molecule has 0 radical (unpaired) electrons. The Bertz CT molecular complexity index is 964. The van der Waals surface area contributed by atoms with Crippen molar-refractivity contribution in [3.63, 3.8) is 0 Å². The molecule has 166 valence electrons. The van der Waals surface area contributed by atoms with Crippen LogP contribution in [0.4, 0.5) is 4.79 Å². The van der Waals surface area contributed by atoms with Crippen molar-refractivity contribution in [3.05, 3.63) is 64.2 Å². The lowest BCUT2D eigenvalue weighted by Gasteiger charge is -2.26. The van der Waals surface area contributed by atoms with Crippen molar-refractivity contribution in [1.82, 2.24) is 10.2 Å². The predicted molar refractivity (Wildman–Crippen MR) is 120 cm³/mol. The number of aliphatic hydroxyl groups is 1. The summed E-state index contributed by atoms with van der Waals surface area (Å²) in [6.45, 7) is 7.60. The Labute approximate surface area is 188 Å². The second-order valence-electron chi connectivity index (χ2n) is 8.23. The van der Waals surface area contributed by atoms with Crippen LogP contribution in [0.2, 0.25) is 5.02 Å². The number of carbonyl (C=O) groups is 2. The number of carbonyl (C=O) groups excluding carboxylic acids is 2. The van der Waals surface area contributed by atoms with Gasteiger partial charge in [0.25, 0.3) is 5.91 Å².